The number of aromatic hydroxyl groups is 1. The largest absolute Gasteiger partial charge is 0.507 e. The number of hydrogen-bond donors (Lipinski definition) is 2. The molecule has 2 aromatic carbocycles. The topological polar surface area (TPSA) is 70.9 Å². The molecule has 0 aromatic heterocycles. The van der Waals surface area contributed by atoms with Crippen LogP contribution in [0.3, 0.4) is 0 Å². The molecule has 2 rings (SSSR count). The van der Waals surface area contributed by atoms with Gasteiger partial charge < -0.3 is 9.84 Å². The summed E-state index contributed by atoms with van der Waals surface area (Å²) in [7, 11) is 0. The number of rotatable bonds is 7. The number of amides is 1. The summed E-state index contributed by atoms with van der Waals surface area (Å²) >= 11 is 6.99. The van der Waals surface area contributed by atoms with Gasteiger partial charge in [0, 0.05) is 6.42 Å². The Morgan fingerprint density at radius 3 is 2.00 bits per heavy atom. The Labute approximate surface area is 214 Å². The SMILES string of the molecule is CCOc1c(Br)cc(/C=N\NC(=O)CCc2cc(C(C)(C)C)c(O)c(C(C)(C)C)c2)cc1Br. The number of hydrogen-bond acceptors (Lipinski definition) is 4. The van der Waals surface area contributed by atoms with Gasteiger partial charge in [0.1, 0.15) is 11.5 Å². The molecule has 0 aliphatic heterocycles. The van der Waals surface area contributed by atoms with Crippen LogP contribution >= 0.6 is 31.9 Å². The molecular weight excluding hydrogens is 548 g/mol. The molecular formula is C26H34Br2N2O3. The Bertz CT molecular complexity index is 977. The van der Waals surface area contributed by atoms with E-state index < -0.39 is 0 Å². The number of nitrogens with zero attached hydrogens (tertiary/aromatic N) is 1. The van der Waals surface area contributed by atoms with E-state index in [-0.39, 0.29) is 16.7 Å². The molecule has 0 spiro atoms. The minimum absolute atomic E-state index is 0.169. The molecule has 180 valence electrons. The van der Waals surface area contributed by atoms with Gasteiger partial charge >= 0.3 is 0 Å². The number of phenolic OH excluding ortho intramolecular Hbond substituents is 1. The van der Waals surface area contributed by atoms with Crippen LogP contribution in [0.5, 0.6) is 11.5 Å². The fourth-order valence-corrected chi connectivity index (χ4v) is 4.86. The second kappa shape index (κ2) is 11.0. The van der Waals surface area contributed by atoms with E-state index in [4.69, 9.17) is 4.74 Å². The molecule has 0 atom stereocenters. The molecule has 0 saturated carbocycles. The fraction of sp³-hybridized carbons (Fsp3) is 0.462. The van der Waals surface area contributed by atoms with Crippen molar-refractivity contribution >= 4 is 44.0 Å². The third-order valence-corrected chi connectivity index (χ3v) is 6.32. The van der Waals surface area contributed by atoms with E-state index >= 15 is 0 Å². The first-order valence-electron chi connectivity index (χ1n) is 11.0. The quantitative estimate of drug-likeness (QED) is 0.273. The highest BCUT2D eigenvalue weighted by Gasteiger charge is 2.26. The first kappa shape index (κ1) is 27.4. The van der Waals surface area contributed by atoms with Crippen molar-refractivity contribution in [2.24, 2.45) is 5.10 Å². The van der Waals surface area contributed by atoms with Crippen LogP contribution in [0.15, 0.2) is 38.3 Å². The van der Waals surface area contributed by atoms with Crippen LogP contribution in [-0.4, -0.2) is 23.8 Å². The number of hydrazone groups is 1. The maximum Gasteiger partial charge on any atom is 0.240 e. The minimum Gasteiger partial charge on any atom is -0.507 e. The number of halogens is 2. The van der Waals surface area contributed by atoms with Crippen LogP contribution in [0, 0.1) is 0 Å². The summed E-state index contributed by atoms with van der Waals surface area (Å²) in [6, 6.07) is 7.78. The van der Waals surface area contributed by atoms with Gasteiger partial charge in [0.05, 0.1) is 21.8 Å². The van der Waals surface area contributed by atoms with E-state index in [9.17, 15) is 9.90 Å². The van der Waals surface area contributed by atoms with Crippen molar-refractivity contribution in [3.8, 4) is 11.5 Å². The van der Waals surface area contributed by atoms with E-state index in [1.165, 1.54) is 0 Å². The summed E-state index contributed by atoms with van der Waals surface area (Å²) in [4.78, 5) is 12.4. The van der Waals surface area contributed by atoms with Gasteiger partial charge in [-0.3, -0.25) is 4.79 Å². The van der Waals surface area contributed by atoms with E-state index in [0.717, 1.165) is 36.9 Å². The maximum absolute atomic E-state index is 12.4. The summed E-state index contributed by atoms with van der Waals surface area (Å²) in [6.45, 7) is 15.0. The third-order valence-electron chi connectivity index (χ3n) is 5.14. The number of carbonyl (C=O) groups excluding carboxylic acids is 1. The van der Waals surface area contributed by atoms with E-state index in [1.807, 2.05) is 31.2 Å². The Morgan fingerprint density at radius 2 is 1.55 bits per heavy atom. The van der Waals surface area contributed by atoms with E-state index in [2.05, 4.69) is 83.9 Å². The number of carbonyl (C=O) groups is 1. The highest BCUT2D eigenvalue weighted by atomic mass is 79.9. The zero-order valence-corrected chi connectivity index (χ0v) is 23.6. The number of benzene rings is 2. The van der Waals surface area contributed by atoms with Crippen LogP contribution < -0.4 is 10.2 Å². The average molecular weight is 582 g/mol. The van der Waals surface area contributed by atoms with Crippen LogP contribution in [0.1, 0.15) is 77.1 Å². The zero-order chi connectivity index (χ0) is 25.0. The van der Waals surface area contributed by atoms with Gasteiger partial charge in [0.2, 0.25) is 5.91 Å². The molecule has 0 saturated heterocycles. The molecule has 0 aliphatic rings. The molecule has 0 radical (unpaired) electrons. The van der Waals surface area contributed by atoms with Gasteiger partial charge in [-0.15, -0.1) is 0 Å². The lowest BCUT2D eigenvalue weighted by Crippen LogP contribution is -2.20. The third kappa shape index (κ3) is 7.57. The summed E-state index contributed by atoms with van der Waals surface area (Å²) in [5.74, 6) is 0.912. The van der Waals surface area contributed by atoms with Crippen LogP contribution in [0.25, 0.3) is 0 Å². The normalized spacial score (nSPS) is 12.3. The van der Waals surface area contributed by atoms with Crippen molar-refractivity contribution in [3.05, 3.63) is 55.5 Å². The van der Waals surface area contributed by atoms with Gasteiger partial charge in [-0.1, -0.05) is 53.7 Å². The molecule has 0 aliphatic carbocycles. The molecule has 0 bridgehead atoms. The highest BCUT2D eigenvalue weighted by molar-refractivity contribution is 9.11. The summed E-state index contributed by atoms with van der Waals surface area (Å²) in [5.41, 5.74) is 5.84. The van der Waals surface area contributed by atoms with Gasteiger partial charge in [0.25, 0.3) is 0 Å². The molecule has 5 nitrogen and oxygen atoms in total. The predicted octanol–water partition coefficient (Wildman–Crippen LogP) is 6.99. The Kier molecular flexibility index (Phi) is 9.16. The molecule has 0 unspecified atom stereocenters. The molecule has 0 heterocycles. The maximum atomic E-state index is 12.4. The van der Waals surface area contributed by atoms with Crippen molar-refractivity contribution in [1.29, 1.82) is 0 Å². The second-order valence-electron chi connectivity index (χ2n) is 10.1. The summed E-state index contributed by atoms with van der Waals surface area (Å²) in [5, 5.41) is 15.0. The lowest BCUT2D eigenvalue weighted by atomic mass is 9.78. The first-order chi connectivity index (χ1) is 15.2. The Morgan fingerprint density at radius 1 is 1.03 bits per heavy atom. The first-order valence-corrected chi connectivity index (χ1v) is 12.6. The monoisotopic (exact) mass is 580 g/mol. The van der Waals surface area contributed by atoms with E-state index in [0.29, 0.717) is 25.2 Å². The standard InChI is InChI=1S/C26H34Br2N2O3/c1-8-33-24-20(27)13-17(14-21(24)28)15-29-30-22(31)10-9-16-11-18(25(2,3)4)23(32)19(12-16)26(5,6)7/h11-15,32H,8-10H2,1-7H3,(H,30,31)/b29-15-. The number of nitrogens with one attached hydrogen (secondary N) is 1. The molecule has 1 amide bonds. The fourth-order valence-electron chi connectivity index (χ4n) is 3.41. The summed E-state index contributed by atoms with van der Waals surface area (Å²) in [6.07, 6.45) is 2.46. The minimum atomic E-state index is -0.201. The highest BCUT2D eigenvalue weighted by Crippen LogP contribution is 2.40. The molecule has 2 aromatic rings. The Balaban J connectivity index is 2.09. The summed E-state index contributed by atoms with van der Waals surface area (Å²) < 4.78 is 7.20. The average Bonchev–Trinajstić information content (AvgIpc) is 2.68. The van der Waals surface area contributed by atoms with Crippen molar-refractivity contribution in [3.63, 3.8) is 0 Å². The van der Waals surface area contributed by atoms with Crippen molar-refractivity contribution < 1.29 is 14.6 Å². The predicted molar refractivity (Wildman–Crippen MR) is 143 cm³/mol. The molecule has 33 heavy (non-hydrogen) atoms. The van der Waals surface area contributed by atoms with Crippen LogP contribution in [0.4, 0.5) is 0 Å². The molecule has 0 fully saturated rings. The van der Waals surface area contributed by atoms with Crippen molar-refractivity contribution in [2.45, 2.75) is 72.1 Å². The zero-order valence-electron chi connectivity index (χ0n) is 20.5. The van der Waals surface area contributed by atoms with Gasteiger partial charge in [-0.2, -0.15) is 5.10 Å². The molecule has 2 N–H and O–H groups in total. The van der Waals surface area contributed by atoms with E-state index in [1.54, 1.807) is 6.21 Å². The van der Waals surface area contributed by atoms with Crippen LogP contribution in [0.2, 0.25) is 0 Å². The Hall–Kier alpha value is -1.86. The smallest absolute Gasteiger partial charge is 0.240 e. The van der Waals surface area contributed by atoms with Gasteiger partial charge in [0.15, 0.2) is 0 Å². The van der Waals surface area contributed by atoms with Crippen molar-refractivity contribution in [2.75, 3.05) is 6.61 Å². The lowest BCUT2D eigenvalue weighted by molar-refractivity contribution is -0.121. The number of ether oxygens (including phenoxy) is 1. The molecule has 7 heteroatoms. The number of aryl methyl sites for hydroxylation is 1. The lowest BCUT2D eigenvalue weighted by Gasteiger charge is -2.28. The van der Waals surface area contributed by atoms with Crippen LogP contribution in [-0.2, 0) is 22.0 Å². The number of phenols is 1. The van der Waals surface area contributed by atoms with Gasteiger partial charge in [-0.05, 0) is 90.4 Å². The van der Waals surface area contributed by atoms with Gasteiger partial charge in [-0.25, -0.2) is 5.43 Å². The second-order valence-corrected chi connectivity index (χ2v) is 11.8. The van der Waals surface area contributed by atoms with Crippen molar-refractivity contribution in [1.82, 2.24) is 5.43 Å².